The Kier molecular flexibility index (Phi) is 4.40. The second kappa shape index (κ2) is 6.99. The van der Waals surface area contributed by atoms with Crippen LogP contribution in [0.4, 0.5) is 15.8 Å². The molecule has 5 rings (SSSR count). The summed E-state index contributed by atoms with van der Waals surface area (Å²) in [5, 5.41) is 0. The van der Waals surface area contributed by atoms with E-state index in [4.69, 9.17) is 0 Å². The Labute approximate surface area is 178 Å². The Bertz CT molecular complexity index is 1150. The van der Waals surface area contributed by atoms with Crippen molar-refractivity contribution in [2.45, 2.75) is 18.3 Å². The molecule has 0 unspecified atom stereocenters. The standard InChI is InChI=1S/C24H19FN2O2S/c1-16-6-8-17(9-7-16)14-26-21-5-3-2-4-20(21)24(23(26)29)27(22(28)15-30-24)19-12-10-18(25)11-13-19/h2-13H,14-15H2,1H3/t24-/m1/s1. The van der Waals surface area contributed by atoms with Gasteiger partial charge in [-0.15, -0.1) is 11.8 Å². The van der Waals surface area contributed by atoms with Gasteiger partial charge in [-0.3, -0.25) is 14.5 Å². The number of nitrogens with zero attached hydrogens (tertiary/aromatic N) is 2. The number of para-hydroxylation sites is 1. The molecule has 0 bridgehead atoms. The van der Waals surface area contributed by atoms with Crippen molar-refractivity contribution in [3.8, 4) is 0 Å². The first-order valence-electron chi connectivity index (χ1n) is 9.70. The third-order valence-corrected chi connectivity index (χ3v) is 7.00. The maximum absolute atomic E-state index is 13.9. The second-order valence-corrected chi connectivity index (χ2v) is 8.70. The predicted molar refractivity (Wildman–Crippen MR) is 117 cm³/mol. The Hall–Kier alpha value is -3.12. The summed E-state index contributed by atoms with van der Waals surface area (Å²) >= 11 is 1.33. The minimum atomic E-state index is -1.17. The van der Waals surface area contributed by atoms with Crippen LogP contribution in [0.15, 0.2) is 72.8 Å². The van der Waals surface area contributed by atoms with Crippen LogP contribution in [0.1, 0.15) is 16.7 Å². The van der Waals surface area contributed by atoms with Crippen molar-refractivity contribution in [2.24, 2.45) is 0 Å². The number of carbonyl (C=O) groups is 2. The first kappa shape index (κ1) is 18.9. The quantitative estimate of drug-likeness (QED) is 0.624. The molecule has 2 heterocycles. The van der Waals surface area contributed by atoms with E-state index in [1.54, 1.807) is 17.0 Å². The van der Waals surface area contributed by atoms with E-state index in [1.165, 1.54) is 28.8 Å². The number of benzene rings is 3. The second-order valence-electron chi connectivity index (χ2n) is 7.53. The monoisotopic (exact) mass is 418 g/mol. The van der Waals surface area contributed by atoms with Gasteiger partial charge in [-0.05, 0) is 42.8 Å². The van der Waals surface area contributed by atoms with Gasteiger partial charge in [0.2, 0.25) is 10.8 Å². The van der Waals surface area contributed by atoms with Crippen LogP contribution in [0.25, 0.3) is 0 Å². The highest BCUT2D eigenvalue weighted by atomic mass is 32.2. The van der Waals surface area contributed by atoms with Crippen LogP contribution >= 0.6 is 11.8 Å². The van der Waals surface area contributed by atoms with Crippen LogP contribution < -0.4 is 9.80 Å². The topological polar surface area (TPSA) is 40.6 Å². The highest BCUT2D eigenvalue weighted by Gasteiger charge is 2.60. The number of hydrogen-bond donors (Lipinski definition) is 0. The molecule has 0 saturated carbocycles. The molecule has 4 nitrogen and oxygen atoms in total. The molecule has 0 radical (unpaired) electrons. The van der Waals surface area contributed by atoms with Crippen molar-refractivity contribution in [3.63, 3.8) is 0 Å². The van der Waals surface area contributed by atoms with Gasteiger partial charge in [0, 0.05) is 11.3 Å². The molecular formula is C24H19FN2O2S. The number of amides is 2. The first-order chi connectivity index (χ1) is 14.5. The van der Waals surface area contributed by atoms with Gasteiger partial charge in [0.05, 0.1) is 18.0 Å². The fourth-order valence-corrected chi connectivity index (χ4v) is 5.54. The van der Waals surface area contributed by atoms with E-state index in [0.717, 1.165) is 22.4 Å². The molecule has 30 heavy (non-hydrogen) atoms. The van der Waals surface area contributed by atoms with Gasteiger partial charge in [0.25, 0.3) is 5.91 Å². The minimum Gasteiger partial charge on any atom is -0.304 e. The molecule has 0 aromatic heterocycles. The Morgan fingerprint density at radius 3 is 2.40 bits per heavy atom. The first-order valence-corrected chi connectivity index (χ1v) is 10.7. The highest BCUT2D eigenvalue weighted by molar-refractivity contribution is 8.02. The van der Waals surface area contributed by atoms with Crippen LogP contribution in [0, 0.1) is 12.7 Å². The zero-order valence-corrected chi connectivity index (χ0v) is 17.2. The lowest BCUT2D eigenvalue weighted by Gasteiger charge is -2.33. The van der Waals surface area contributed by atoms with Gasteiger partial charge in [-0.25, -0.2) is 4.39 Å². The number of thioether (sulfide) groups is 1. The zero-order chi connectivity index (χ0) is 20.9. The number of carbonyl (C=O) groups excluding carboxylic acids is 2. The summed E-state index contributed by atoms with van der Waals surface area (Å²) in [6.07, 6.45) is 0. The maximum Gasteiger partial charge on any atom is 0.269 e. The predicted octanol–water partition coefficient (Wildman–Crippen LogP) is 4.61. The minimum absolute atomic E-state index is 0.149. The highest BCUT2D eigenvalue weighted by Crippen LogP contribution is 2.55. The summed E-state index contributed by atoms with van der Waals surface area (Å²) in [6, 6.07) is 21.4. The van der Waals surface area contributed by atoms with Crippen LogP contribution in [-0.2, 0) is 21.0 Å². The van der Waals surface area contributed by atoms with Crippen molar-refractivity contribution < 1.29 is 14.0 Å². The smallest absolute Gasteiger partial charge is 0.269 e. The van der Waals surface area contributed by atoms with E-state index in [2.05, 4.69) is 0 Å². The molecule has 1 fully saturated rings. The van der Waals surface area contributed by atoms with E-state index in [9.17, 15) is 14.0 Å². The van der Waals surface area contributed by atoms with Crippen LogP contribution in [0.2, 0.25) is 0 Å². The number of hydrogen-bond acceptors (Lipinski definition) is 3. The SMILES string of the molecule is Cc1ccc(CN2C(=O)[C@]3(SCC(=O)N3c3ccc(F)cc3)c3ccccc32)cc1. The van der Waals surface area contributed by atoms with Gasteiger partial charge in [-0.1, -0.05) is 48.0 Å². The third kappa shape index (κ3) is 2.75. The number of rotatable bonds is 3. The molecule has 2 aliphatic rings. The number of halogens is 1. The number of anilines is 2. The summed E-state index contributed by atoms with van der Waals surface area (Å²) in [7, 11) is 0. The molecule has 6 heteroatoms. The van der Waals surface area contributed by atoms with Gasteiger partial charge >= 0.3 is 0 Å². The molecule has 2 amide bonds. The van der Waals surface area contributed by atoms with Crippen molar-refractivity contribution in [2.75, 3.05) is 15.6 Å². The van der Waals surface area contributed by atoms with Crippen molar-refractivity contribution >= 4 is 35.0 Å². The Balaban J connectivity index is 1.62. The molecule has 1 atom stereocenters. The summed E-state index contributed by atoms with van der Waals surface area (Å²) in [6.45, 7) is 2.44. The van der Waals surface area contributed by atoms with Gasteiger partial charge in [0.15, 0.2) is 0 Å². The van der Waals surface area contributed by atoms with Crippen LogP contribution in [0.3, 0.4) is 0 Å². The van der Waals surface area contributed by atoms with Gasteiger partial charge < -0.3 is 4.90 Å². The lowest BCUT2D eigenvalue weighted by atomic mass is 10.0. The molecular weight excluding hydrogens is 399 g/mol. The number of fused-ring (bicyclic) bond motifs is 2. The van der Waals surface area contributed by atoms with Crippen molar-refractivity contribution in [1.82, 2.24) is 0 Å². The normalized spacial score (nSPS) is 20.3. The molecule has 0 aliphatic carbocycles. The fourth-order valence-electron chi connectivity index (χ4n) is 4.18. The van der Waals surface area contributed by atoms with E-state index in [-0.39, 0.29) is 23.4 Å². The average molecular weight is 418 g/mol. The molecule has 2 aliphatic heterocycles. The third-order valence-electron chi connectivity index (χ3n) is 5.61. The van der Waals surface area contributed by atoms with Crippen molar-refractivity contribution in [1.29, 1.82) is 0 Å². The van der Waals surface area contributed by atoms with E-state index < -0.39 is 4.87 Å². The zero-order valence-electron chi connectivity index (χ0n) is 16.3. The molecule has 0 N–H and O–H groups in total. The molecule has 3 aromatic carbocycles. The number of aryl methyl sites for hydroxylation is 1. The maximum atomic E-state index is 13.9. The summed E-state index contributed by atoms with van der Waals surface area (Å²) in [4.78, 5) is 28.9. The van der Waals surface area contributed by atoms with E-state index in [0.29, 0.717) is 12.2 Å². The average Bonchev–Trinajstić information content (AvgIpc) is 3.22. The van der Waals surface area contributed by atoms with E-state index in [1.807, 2.05) is 55.5 Å². The van der Waals surface area contributed by atoms with E-state index >= 15 is 0 Å². The molecule has 150 valence electrons. The molecule has 3 aromatic rings. The fraction of sp³-hybridized carbons (Fsp3) is 0.167. The Morgan fingerprint density at radius 1 is 0.967 bits per heavy atom. The van der Waals surface area contributed by atoms with Gasteiger partial charge in [0.1, 0.15) is 5.82 Å². The Morgan fingerprint density at radius 2 is 1.67 bits per heavy atom. The van der Waals surface area contributed by atoms with Crippen molar-refractivity contribution in [3.05, 3.63) is 95.3 Å². The largest absolute Gasteiger partial charge is 0.304 e. The van der Waals surface area contributed by atoms with Gasteiger partial charge in [-0.2, -0.15) is 0 Å². The molecule has 1 saturated heterocycles. The van der Waals surface area contributed by atoms with Crippen LogP contribution in [0.5, 0.6) is 0 Å². The van der Waals surface area contributed by atoms with Crippen LogP contribution in [-0.4, -0.2) is 17.6 Å². The summed E-state index contributed by atoms with van der Waals surface area (Å²) < 4.78 is 13.5. The molecule has 1 spiro atoms. The lowest BCUT2D eigenvalue weighted by molar-refractivity contribution is -0.123. The lowest BCUT2D eigenvalue weighted by Crippen LogP contribution is -2.49. The summed E-state index contributed by atoms with van der Waals surface area (Å²) in [5.41, 5.74) is 4.29. The summed E-state index contributed by atoms with van der Waals surface area (Å²) in [5.74, 6) is -0.502.